The monoisotopic (exact) mass is 336 g/mol. The number of hydrogen-bond acceptors (Lipinski definition) is 3. The molecule has 2 aromatic heterocycles. The van der Waals surface area contributed by atoms with E-state index in [4.69, 9.17) is 0 Å². The van der Waals surface area contributed by atoms with Gasteiger partial charge >= 0.3 is 0 Å². The molecule has 5 heteroatoms. The maximum Gasteiger partial charge on any atom is 0.267 e. The van der Waals surface area contributed by atoms with Crippen LogP contribution in [0.3, 0.4) is 0 Å². The number of aliphatic hydroxyl groups excluding tert-OH is 1. The minimum Gasteiger partial charge on any atom is -0.386 e. The van der Waals surface area contributed by atoms with Crippen molar-refractivity contribution >= 4 is 38.2 Å². The zero-order valence-corrected chi connectivity index (χ0v) is 13.6. The third kappa shape index (κ3) is 2.79. The Hall–Kier alpha value is -2.63. The second kappa shape index (κ2) is 6.11. The van der Waals surface area contributed by atoms with E-state index in [1.807, 2.05) is 60.7 Å². The SMILES string of the molecule is O=C(NCC(O)c1cc2ccccc2s1)c1cc2ccccc2[nH]1. The standard InChI is InChI=1S/C19H16N2O2S/c22-16(18-10-13-6-2-4-8-17(13)24-18)11-20-19(23)15-9-12-5-1-3-7-14(12)21-15/h1-10,16,21-22H,11H2,(H,20,23). The zero-order chi connectivity index (χ0) is 16.5. The number of aliphatic hydroxyl groups is 1. The molecule has 0 saturated heterocycles. The summed E-state index contributed by atoms with van der Waals surface area (Å²) in [6.07, 6.45) is -0.712. The lowest BCUT2D eigenvalue weighted by Crippen LogP contribution is -2.28. The third-order valence-corrected chi connectivity index (χ3v) is 5.22. The molecular formula is C19H16N2O2S. The highest BCUT2D eigenvalue weighted by Gasteiger charge is 2.14. The molecule has 4 nitrogen and oxygen atoms in total. The Morgan fingerprint density at radius 1 is 1.08 bits per heavy atom. The summed E-state index contributed by atoms with van der Waals surface area (Å²) in [6, 6.07) is 19.5. The van der Waals surface area contributed by atoms with Gasteiger partial charge in [0.2, 0.25) is 0 Å². The fourth-order valence-electron chi connectivity index (χ4n) is 2.75. The number of para-hydroxylation sites is 1. The highest BCUT2D eigenvalue weighted by molar-refractivity contribution is 7.19. The number of aromatic amines is 1. The van der Waals surface area contributed by atoms with Crippen LogP contribution in [-0.2, 0) is 0 Å². The second-order valence-corrected chi connectivity index (χ2v) is 6.80. The van der Waals surface area contributed by atoms with E-state index < -0.39 is 6.10 Å². The summed E-state index contributed by atoms with van der Waals surface area (Å²) in [6.45, 7) is 0.182. The minimum absolute atomic E-state index is 0.182. The topological polar surface area (TPSA) is 65.1 Å². The number of H-pyrrole nitrogens is 1. The van der Waals surface area contributed by atoms with Crippen molar-refractivity contribution in [1.82, 2.24) is 10.3 Å². The number of nitrogens with one attached hydrogen (secondary N) is 2. The molecule has 0 aliphatic heterocycles. The van der Waals surface area contributed by atoms with Crippen LogP contribution in [0.1, 0.15) is 21.5 Å². The van der Waals surface area contributed by atoms with E-state index >= 15 is 0 Å². The molecular weight excluding hydrogens is 320 g/mol. The molecule has 2 heterocycles. The van der Waals surface area contributed by atoms with Crippen molar-refractivity contribution in [2.45, 2.75) is 6.10 Å². The van der Waals surface area contributed by atoms with Gasteiger partial charge in [0.05, 0.1) is 0 Å². The van der Waals surface area contributed by atoms with Gasteiger partial charge in [-0.25, -0.2) is 0 Å². The van der Waals surface area contributed by atoms with E-state index in [2.05, 4.69) is 10.3 Å². The smallest absolute Gasteiger partial charge is 0.267 e. The molecule has 0 fully saturated rings. The largest absolute Gasteiger partial charge is 0.386 e. The quantitative estimate of drug-likeness (QED) is 0.530. The van der Waals surface area contributed by atoms with Crippen molar-refractivity contribution in [3.63, 3.8) is 0 Å². The normalized spacial score (nSPS) is 12.5. The van der Waals surface area contributed by atoms with Crippen molar-refractivity contribution < 1.29 is 9.90 Å². The number of fused-ring (bicyclic) bond motifs is 2. The van der Waals surface area contributed by atoms with Gasteiger partial charge < -0.3 is 15.4 Å². The summed E-state index contributed by atoms with van der Waals surface area (Å²) in [5, 5.41) is 15.2. The number of benzene rings is 2. The average molecular weight is 336 g/mol. The summed E-state index contributed by atoms with van der Waals surface area (Å²) in [5.41, 5.74) is 1.42. The van der Waals surface area contributed by atoms with Crippen LogP contribution in [0.4, 0.5) is 0 Å². The van der Waals surface area contributed by atoms with Gasteiger partial charge in [-0.2, -0.15) is 0 Å². The van der Waals surface area contributed by atoms with Gasteiger partial charge in [-0.15, -0.1) is 11.3 Å². The number of carbonyl (C=O) groups excluding carboxylic acids is 1. The Kier molecular flexibility index (Phi) is 3.80. The van der Waals surface area contributed by atoms with Crippen molar-refractivity contribution in [3.05, 3.63) is 71.2 Å². The van der Waals surface area contributed by atoms with E-state index in [-0.39, 0.29) is 12.5 Å². The van der Waals surface area contributed by atoms with Crippen LogP contribution in [0.25, 0.3) is 21.0 Å². The number of hydrogen-bond donors (Lipinski definition) is 3. The van der Waals surface area contributed by atoms with E-state index in [0.717, 1.165) is 25.9 Å². The van der Waals surface area contributed by atoms with Crippen LogP contribution in [0, 0.1) is 0 Å². The lowest BCUT2D eigenvalue weighted by molar-refractivity contribution is 0.0914. The first-order valence-electron chi connectivity index (χ1n) is 7.73. The summed E-state index contributed by atoms with van der Waals surface area (Å²) in [7, 11) is 0. The molecule has 4 aromatic rings. The van der Waals surface area contributed by atoms with E-state index in [9.17, 15) is 9.90 Å². The first kappa shape index (κ1) is 14.9. The van der Waals surface area contributed by atoms with Crippen molar-refractivity contribution in [2.24, 2.45) is 0 Å². The van der Waals surface area contributed by atoms with Crippen molar-refractivity contribution in [3.8, 4) is 0 Å². The third-order valence-electron chi connectivity index (χ3n) is 4.00. The Morgan fingerprint density at radius 2 is 1.83 bits per heavy atom. The Labute approximate surface area is 142 Å². The van der Waals surface area contributed by atoms with Crippen molar-refractivity contribution in [1.29, 1.82) is 0 Å². The molecule has 4 rings (SSSR count). The number of amides is 1. The second-order valence-electron chi connectivity index (χ2n) is 5.68. The Balaban J connectivity index is 1.46. The fourth-order valence-corrected chi connectivity index (χ4v) is 3.80. The van der Waals surface area contributed by atoms with Crippen molar-refractivity contribution in [2.75, 3.05) is 6.54 Å². The van der Waals surface area contributed by atoms with Gasteiger partial charge in [0, 0.05) is 27.0 Å². The molecule has 1 amide bonds. The average Bonchev–Trinajstić information content (AvgIpc) is 3.23. The van der Waals surface area contributed by atoms with Crippen LogP contribution in [0.15, 0.2) is 60.7 Å². The highest BCUT2D eigenvalue weighted by atomic mass is 32.1. The van der Waals surface area contributed by atoms with Gasteiger partial charge in [0.25, 0.3) is 5.91 Å². The van der Waals surface area contributed by atoms with Gasteiger partial charge in [-0.1, -0.05) is 36.4 Å². The lowest BCUT2D eigenvalue weighted by Gasteiger charge is -2.09. The first-order chi connectivity index (χ1) is 11.7. The number of rotatable bonds is 4. The number of aromatic nitrogens is 1. The van der Waals surface area contributed by atoms with Crippen LogP contribution in [0.2, 0.25) is 0 Å². The Bertz CT molecular complexity index is 952. The van der Waals surface area contributed by atoms with Gasteiger partial charge in [-0.3, -0.25) is 4.79 Å². The van der Waals surface area contributed by atoms with Crippen LogP contribution in [0.5, 0.6) is 0 Å². The van der Waals surface area contributed by atoms with Gasteiger partial charge in [-0.05, 0) is 29.7 Å². The molecule has 0 aliphatic rings. The molecule has 120 valence electrons. The van der Waals surface area contributed by atoms with E-state index in [1.165, 1.54) is 0 Å². The lowest BCUT2D eigenvalue weighted by atomic mass is 10.2. The minimum atomic E-state index is -0.712. The zero-order valence-electron chi connectivity index (χ0n) is 12.8. The predicted molar refractivity (Wildman–Crippen MR) is 97.4 cm³/mol. The summed E-state index contributed by atoms with van der Waals surface area (Å²) in [5.74, 6) is -0.216. The molecule has 0 radical (unpaired) electrons. The van der Waals surface area contributed by atoms with E-state index in [1.54, 1.807) is 11.3 Å². The number of carbonyl (C=O) groups is 1. The fraction of sp³-hybridized carbons (Fsp3) is 0.105. The van der Waals surface area contributed by atoms with Crippen LogP contribution < -0.4 is 5.32 Å². The highest BCUT2D eigenvalue weighted by Crippen LogP contribution is 2.29. The molecule has 3 N–H and O–H groups in total. The summed E-state index contributed by atoms with van der Waals surface area (Å²) < 4.78 is 1.13. The molecule has 1 atom stereocenters. The van der Waals surface area contributed by atoms with Gasteiger partial charge in [0.15, 0.2) is 0 Å². The Morgan fingerprint density at radius 3 is 2.62 bits per heavy atom. The first-order valence-corrected chi connectivity index (χ1v) is 8.55. The molecule has 0 aliphatic carbocycles. The van der Waals surface area contributed by atoms with E-state index in [0.29, 0.717) is 5.69 Å². The summed E-state index contributed by atoms with van der Waals surface area (Å²) in [4.78, 5) is 16.2. The predicted octanol–water partition coefficient (Wildman–Crippen LogP) is 3.85. The molecule has 0 spiro atoms. The van der Waals surface area contributed by atoms with Gasteiger partial charge in [0.1, 0.15) is 11.8 Å². The molecule has 1 unspecified atom stereocenters. The maximum absolute atomic E-state index is 12.3. The molecule has 0 bridgehead atoms. The summed E-state index contributed by atoms with van der Waals surface area (Å²) >= 11 is 1.55. The van der Waals surface area contributed by atoms with Crippen LogP contribution in [-0.4, -0.2) is 22.5 Å². The molecule has 2 aromatic carbocycles. The molecule has 0 saturated carbocycles. The molecule has 24 heavy (non-hydrogen) atoms. The maximum atomic E-state index is 12.3. The van der Waals surface area contributed by atoms with Crippen LogP contribution >= 0.6 is 11.3 Å². The number of thiophene rings is 1.